The number of amides is 2. The Kier molecular flexibility index (Phi) is 26.3. The van der Waals surface area contributed by atoms with Gasteiger partial charge in [-0.15, -0.1) is 0 Å². The van der Waals surface area contributed by atoms with Crippen LogP contribution in [0.1, 0.15) is 259 Å². The molecule has 0 aromatic heterocycles. The van der Waals surface area contributed by atoms with Gasteiger partial charge >= 0.3 is 17.8 Å². The van der Waals surface area contributed by atoms with Crippen LogP contribution < -0.4 is 10.6 Å². The van der Waals surface area contributed by atoms with Gasteiger partial charge in [-0.1, -0.05) is 256 Å². The minimum absolute atomic E-state index is 0.0628. The highest BCUT2D eigenvalue weighted by molar-refractivity contribution is 8.07. The summed E-state index contributed by atoms with van der Waals surface area (Å²) < 4.78 is 93.6. The maximum Gasteiger partial charge on any atom is 0.380 e. The number of unbranched alkanes of at least 4 members (excludes halogenated alkanes) is 30. The van der Waals surface area contributed by atoms with Gasteiger partial charge in [0.15, 0.2) is 0 Å². The Bertz CT molecular complexity index is 1590. The van der Waals surface area contributed by atoms with Gasteiger partial charge < -0.3 is 10.6 Å². The van der Waals surface area contributed by atoms with Crippen molar-refractivity contribution >= 4 is 35.3 Å². The van der Waals surface area contributed by atoms with Crippen LogP contribution >= 0.6 is 23.5 Å². The van der Waals surface area contributed by atoms with Gasteiger partial charge in [0, 0.05) is 57.7 Å². The molecule has 4 aliphatic rings. The number of hydrogen-bond acceptors (Lipinski definition) is 4. The highest BCUT2D eigenvalue weighted by atomic mass is 32.2. The molecule has 0 radical (unpaired) electrons. The van der Waals surface area contributed by atoms with Gasteiger partial charge in [0.25, 0.3) is 0 Å². The third-order valence-corrected chi connectivity index (χ3v) is 18.2. The Morgan fingerprint density at radius 1 is 0.420 bits per heavy atom. The summed E-state index contributed by atoms with van der Waals surface area (Å²) in [6.07, 6.45) is 44.2. The number of halogens is 6. The monoisotopic (exact) mass is 1010 g/mol. The molecule has 0 bridgehead atoms. The second-order valence-corrected chi connectivity index (χ2v) is 23.5. The standard InChI is InChI=1S/C57H92F6N2O2S2/c1-5-7-9-11-13-15-17-19-21-23-25-27-29-31-33-35-41-64-47(66)39-37-45-43-53(3)51(68-45)49-50(56(60,61)57(62,63)55(49,58)59)52-54(53,4)44-46(69-52)38-40-48(67)65-42-36-34-32-30-28-26-24-22-20-18-16-14-12-10-8-6-2/h43-44H,5-42H2,1-4H3,(H,64,66)(H,65,67). The molecular weight excluding hydrogens is 923 g/mol. The van der Waals surface area contributed by atoms with E-state index in [-0.39, 0.29) is 47.3 Å². The van der Waals surface area contributed by atoms with E-state index in [1.165, 1.54) is 167 Å². The first-order valence-electron chi connectivity index (χ1n) is 28.0. The van der Waals surface area contributed by atoms with Crippen molar-refractivity contribution in [2.75, 3.05) is 13.1 Å². The van der Waals surface area contributed by atoms with Gasteiger partial charge in [-0.3, -0.25) is 9.59 Å². The molecule has 0 aromatic rings. The molecule has 2 unspecified atom stereocenters. The van der Waals surface area contributed by atoms with Crippen molar-refractivity contribution < 1.29 is 35.9 Å². The van der Waals surface area contributed by atoms with Gasteiger partial charge in [0.05, 0.1) is 0 Å². The van der Waals surface area contributed by atoms with Crippen LogP contribution in [0.5, 0.6) is 0 Å². The summed E-state index contributed by atoms with van der Waals surface area (Å²) in [5.41, 5.74) is -5.24. The zero-order valence-electron chi connectivity index (χ0n) is 43.4. The molecule has 1 fully saturated rings. The molecule has 69 heavy (non-hydrogen) atoms. The fraction of sp³-hybridized carbons (Fsp3) is 0.825. The molecule has 4 rings (SSSR count). The first-order valence-corrected chi connectivity index (χ1v) is 29.7. The van der Waals surface area contributed by atoms with Crippen molar-refractivity contribution in [1.29, 1.82) is 0 Å². The summed E-state index contributed by atoms with van der Waals surface area (Å²) in [7, 11) is 0. The van der Waals surface area contributed by atoms with E-state index in [2.05, 4.69) is 24.5 Å². The van der Waals surface area contributed by atoms with Crippen LogP contribution in [0.15, 0.2) is 42.9 Å². The maximum absolute atomic E-state index is 15.8. The van der Waals surface area contributed by atoms with Crippen LogP contribution in [0.2, 0.25) is 0 Å². The lowest BCUT2D eigenvalue weighted by Crippen LogP contribution is -2.47. The van der Waals surface area contributed by atoms with Gasteiger partial charge in [0.2, 0.25) is 11.8 Å². The predicted octanol–water partition coefficient (Wildman–Crippen LogP) is 19.0. The van der Waals surface area contributed by atoms with Crippen molar-refractivity contribution in [3.63, 3.8) is 0 Å². The number of rotatable bonds is 40. The Morgan fingerprint density at radius 3 is 0.928 bits per heavy atom. The van der Waals surface area contributed by atoms with Crippen molar-refractivity contribution in [2.24, 2.45) is 10.8 Å². The molecule has 396 valence electrons. The highest BCUT2D eigenvalue weighted by Crippen LogP contribution is 2.77. The third kappa shape index (κ3) is 16.9. The van der Waals surface area contributed by atoms with E-state index in [0.717, 1.165) is 62.0 Å². The van der Waals surface area contributed by atoms with Crippen molar-refractivity contribution in [2.45, 2.75) is 277 Å². The molecule has 2 atom stereocenters. The topological polar surface area (TPSA) is 58.2 Å². The lowest BCUT2D eigenvalue weighted by atomic mass is 9.60. The molecule has 2 N–H and O–H groups in total. The van der Waals surface area contributed by atoms with E-state index in [4.69, 9.17) is 0 Å². The van der Waals surface area contributed by atoms with Gasteiger partial charge in [0.1, 0.15) is 0 Å². The largest absolute Gasteiger partial charge is 0.380 e. The van der Waals surface area contributed by atoms with Gasteiger partial charge in [-0.2, -0.15) is 26.3 Å². The molecule has 2 aliphatic carbocycles. The Morgan fingerprint density at radius 2 is 0.667 bits per heavy atom. The number of hydrogen-bond donors (Lipinski definition) is 2. The zero-order valence-corrected chi connectivity index (χ0v) is 45.1. The van der Waals surface area contributed by atoms with E-state index in [1.54, 1.807) is 26.0 Å². The number of fused-ring (bicyclic) bond motifs is 4. The maximum atomic E-state index is 15.8. The van der Waals surface area contributed by atoms with Crippen LogP contribution in [0.3, 0.4) is 0 Å². The highest BCUT2D eigenvalue weighted by Gasteiger charge is 2.84. The molecular formula is C57H92F6N2O2S2. The fourth-order valence-corrected chi connectivity index (χ4v) is 13.9. The normalized spacial score (nSPS) is 21.9. The Labute approximate surface area is 423 Å². The first kappa shape index (κ1) is 59.7. The van der Waals surface area contributed by atoms with E-state index in [1.807, 2.05) is 0 Å². The van der Waals surface area contributed by atoms with Crippen molar-refractivity contribution in [3.05, 3.63) is 42.9 Å². The van der Waals surface area contributed by atoms with E-state index < -0.39 is 39.7 Å². The molecule has 0 saturated heterocycles. The summed E-state index contributed by atoms with van der Waals surface area (Å²) in [4.78, 5) is 26.4. The quantitative estimate of drug-likeness (QED) is 0.0474. The van der Waals surface area contributed by atoms with Gasteiger partial charge in [-0.05, 0) is 35.5 Å². The van der Waals surface area contributed by atoms with E-state index in [0.29, 0.717) is 22.9 Å². The van der Waals surface area contributed by atoms with Crippen molar-refractivity contribution in [1.82, 2.24) is 10.6 Å². The van der Waals surface area contributed by atoms with E-state index in [9.17, 15) is 9.59 Å². The smallest absolute Gasteiger partial charge is 0.356 e. The number of thioether (sulfide) groups is 2. The summed E-state index contributed by atoms with van der Waals surface area (Å²) in [6, 6.07) is 0. The molecule has 2 amide bonds. The summed E-state index contributed by atoms with van der Waals surface area (Å²) in [5, 5.41) is 5.91. The molecule has 1 saturated carbocycles. The molecule has 4 nitrogen and oxygen atoms in total. The second-order valence-electron chi connectivity index (χ2n) is 21.3. The Hall–Kier alpha value is -1.82. The number of carbonyl (C=O) groups is 2. The number of alkyl halides is 6. The zero-order chi connectivity index (χ0) is 50.2. The van der Waals surface area contributed by atoms with Crippen LogP contribution in [-0.2, 0) is 9.59 Å². The van der Waals surface area contributed by atoms with Crippen LogP contribution in [0, 0.1) is 10.8 Å². The van der Waals surface area contributed by atoms with Crippen LogP contribution in [0.4, 0.5) is 26.3 Å². The average molecular weight is 1020 g/mol. The number of allylic oxidation sites excluding steroid dienone is 8. The lowest BCUT2D eigenvalue weighted by molar-refractivity contribution is -0.258. The SMILES string of the molecule is CCCCCCCCCCCCCCCCCCNC(=O)CCC1=CC2(C)C(=C3C(=C4SC(CCC(=O)NCCCCCCCCCCCCCCCCCC)=CC42C)C(F)(F)C(F)(F)C3(F)F)S1. The van der Waals surface area contributed by atoms with Crippen molar-refractivity contribution in [3.8, 4) is 0 Å². The molecule has 2 aliphatic heterocycles. The second kappa shape index (κ2) is 30.4. The molecule has 0 aromatic carbocycles. The average Bonchev–Trinajstić information content (AvgIpc) is 3.88. The number of nitrogens with one attached hydrogen (secondary N) is 2. The summed E-state index contributed by atoms with van der Waals surface area (Å²) in [5.74, 6) is -16.2. The first-order chi connectivity index (χ1) is 33.1. The summed E-state index contributed by atoms with van der Waals surface area (Å²) >= 11 is 1.67. The third-order valence-electron chi connectivity index (χ3n) is 15.4. The lowest BCUT2D eigenvalue weighted by Gasteiger charge is -2.45. The van der Waals surface area contributed by atoms with Crippen LogP contribution in [0.25, 0.3) is 0 Å². The minimum Gasteiger partial charge on any atom is -0.356 e. The fourth-order valence-electron chi connectivity index (χ4n) is 10.7. The molecule has 0 spiro atoms. The number of carbonyl (C=O) groups excluding carboxylic acids is 2. The predicted molar refractivity (Wildman–Crippen MR) is 280 cm³/mol. The van der Waals surface area contributed by atoms with Gasteiger partial charge in [-0.25, -0.2) is 0 Å². The summed E-state index contributed by atoms with van der Waals surface area (Å²) in [6.45, 7) is 8.87. The van der Waals surface area contributed by atoms with E-state index >= 15 is 26.3 Å². The minimum atomic E-state index is -5.62. The molecule has 2 heterocycles. The molecule has 12 heteroatoms. The Balaban J connectivity index is 1.17. The van der Waals surface area contributed by atoms with Crippen LogP contribution in [-0.4, -0.2) is 42.7 Å².